The van der Waals surface area contributed by atoms with Gasteiger partial charge in [0.25, 0.3) is 5.69 Å². The molecule has 0 radical (unpaired) electrons. The summed E-state index contributed by atoms with van der Waals surface area (Å²) in [6.45, 7) is 1.90. The Balaban J connectivity index is 2.62. The zero-order valence-corrected chi connectivity index (χ0v) is 13.5. The summed E-state index contributed by atoms with van der Waals surface area (Å²) in [5, 5.41) is 22.5. The van der Waals surface area contributed by atoms with Crippen LogP contribution in [0.25, 0.3) is 11.1 Å². The molecule has 0 amide bonds. The van der Waals surface area contributed by atoms with Gasteiger partial charge in [0.2, 0.25) is 5.75 Å². The second kappa shape index (κ2) is 8.00. The van der Waals surface area contributed by atoms with Crippen LogP contribution in [0.4, 0.5) is 11.4 Å². The van der Waals surface area contributed by atoms with Crippen LogP contribution in [0, 0.1) is 20.2 Å². The fraction of sp³-hybridized carbons (Fsp3) is 0.235. The van der Waals surface area contributed by atoms with Crippen LogP contribution in [0.3, 0.4) is 0 Å². The third-order valence-electron chi connectivity index (χ3n) is 3.50. The highest BCUT2D eigenvalue weighted by atomic mass is 16.6. The standard InChI is InChI=1S/C17H16N2O6/c1-2-3-9-16(20)25-17-14(12-7-5-4-6-8-12)10-13(18(21)22)11-15(17)19(23)24/h4-8,10-11H,2-3,9H2,1H3. The van der Waals surface area contributed by atoms with Crippen LogP contribution in [-0.4, -0.2) is 15.8 Å². The zero-order chi connectivity index (χ0) is 18.4. The molecule has 0 atom stereocenters. The third kappa shape index (κ3) is 4.37. The van der Waals surface area contributed by atoms with Gasteiger partial charge in [-0.25, -0.2) is 0 Å². The van der Waals surface area contributed by atoms with Crippen molar-refractivity contribution in [1.82, 2.24) is 0 Å². The summed E-state index contributed by atoms with van der Waals surface area (Å²) in [7, 11) is 0. The van der Waals surface area contributed by atoms with Gasteiger partial charge in [-0.05, 0) is 12.0 Å². The van der Waals surface area contributed by atoms with Gasteiger partial charge in [-0.2, -0.15) is 0 Å². The van der Waals surface area contributed by atoms with Crippen molar-refractivity contribution in [2.75, 3.05) is 0 Å². The maximum Gasteiger partial charge on any atom is 0.319 e. The lowest BCUT2D eigenvalue weighted by atomic mass is 10.0. The number of esters is 1. The average Bonchev–Trinajstić information content (AvgIpc) is 2.60. The Bertz CT molecular complexity index is 804. The Kier molecular flexibility index (Phi) is 5.78. The van der Waals surface area contributed by atoms with Gasteiger partial charge < -0.3 is 4.74 Å². The smallest absolute Gasteiger partial charge is 0.319 e. The third-order valence-corrected chi connectivity index (χ3v) is 3.50. The molecule has 0 bridgehead atoms. The number of carbonyl (C=O) groups is 1. The fourth-order valence-corrected chi connectivity index (χ4v) is 2.27. The second-order valence-electron chi connectivity index (χ2n) is 5.30. The topological polar surface area (TPSA) is 113 Å². The number of rotatable bonds is 7. The van der Waals surface area contributed by atoms with Gasteiger partial charge in [0.05, 0.1) is 15.9 Å². The highest BCUT2D eigenvalue weighted by Crippen LogP contribution is 2.41. The SMILES string of the molecule is CCCCC(=O)Oc1c(-c2ccccc2)cc([N+](=O)[O-])cc1[N+](=O)[O-]. The molecule has 25 heavy (non-hydrogen) atoms. The summed E-state index contributed by atoms with van der Waals surface area (Å²) in [6, 6.07) is 10.3. The molecule has 2 aromatic carbocycles. The first-order valence-electron chi connectivity index (χ1n) is 7.67. The van der Waals surface area contributed by atoms with Crippen molar-refractivity contribution in [2.24, 2.45) is 0 Å². The predicted octanol–water partition coefficient (Wildman–Crippen LogP) is 4.27. The number of nitrogens with zero attached hydrogens (tertiary/aromatic N) is 2. The molecule has 0 N–H and O–H groups in total. The summed E-state index contributed by atoms with van der Waals surface area (Å²) >= 11 is 0. The van der Waals surface area contributed by atoms with Crippen molar-refractivity contribution < 1.29 is 19.4 Å². The molecule has 0 aliphatic rings. The van der Waals surface area contributed by atoms with Crippen LogP contribution in [0.5, 0.6) is 5.75 Å². The Morgan fingerprint density at radius 3 is 2.32 bits per heavy atom. The highest BCUT2D eigenvalue weighted by Gasteiger charge is 2.28. The largest absolute Gasteiger partial charge is 0.418 e. The van der Waals surface area contributed by atoms with Crippen molar-refractivity contribution in [3.8, 4) is 16.9 Å². The molecular formula is C17H16N2O6. The Hall–Kier alpha value is -3.29. The minimum Gasteiger partial charge on any atom is -0.418 e. The minimum atomic E-state index is -0.790. The van der Waals surface area contributed by atoms with Gasteiger partial charge >= 0.3 is 11.7 Å². The maximum absolute atomic E-state index is 12.0. The molecule has 0 aromatic heterocycles. The fourth-order valence-electron chi connectivity index (χ4n) is 2.27. The molecule has 2 rings (SSSR count). The first kappa shape index (κ1) is 18.1. The van der Waals surface area contributed by atoms with Crippen LogP contribution in [0.15, 0.2) is 42.5 Å². The summed E-state index contributed by atoms with van der Waals surface area (Å²) in [4.78, 5) is 32.9. The molecule has 0 spiro atoms. The average molecular weight is 344 g/mol. The van der Waals surface area contributed by atoms with E-state index in [1.54, 1.807) is 30.3 Å². The molecule has 8 heteroatoms. The lowest BCUT2D eigenvalue weighted by Crippen LogP contribution is -2.10. The number of unbranched alkanes of at least 4 members (excludes halogenated alkanes) is 1. The van der Waals surface area contributed by atoms with E-state index in [9.17, 15) is 25.0 Å². The number of non-ortho nitro benzene ring substituents is 1. The Morgan fingerprint density at radius 2 is 1.76 bits per heavy atom. The van der Waals surface area contributed by atoms with Crippen LogP contribution >= 0.6 is 0 Å². The molecule has 0 saturated heterocycles. The van der Waals surface area contributed by atoms with E-state index in [1.807, 2.05) is 6.92 Å². The van der Waals surface area contributed by atoms with E-state index in [0.29, 0.717) is 12.0 Å². The molecule has 0 fully saturated rings. The van der Waals surface area contributed by atoms with E-state index in [2.05, 4.69) is 0 Å². The van der Waals surface area contributed by atoms with Crippen molar-refractivity contribution in [1.29, 1.82) is 0 Å². The normalized spacial score (nSPS) is 10.3. The number of hydrogen-bond acceptors (Lipinski definition) is 6. The molecule has 0 unspecified atom stereocenters. The van der Waals surface area contributed by atoms with E-state index in [4.69, 9.17) is 4.74 Å². The number of benzene rings is 2. The van der Waals surface area contributed by atoms with Crippen molar-refractivity contribution >= 4 is 17.3 Å². The Morgan fingerprint density at radius 1 is 1.08 bits per heavy atom. The van der Waals surface area contributed by atoms with E-state index >= 15 is 0 Å². The summed E-state index contributed by atoms with van der Waals surface area (Å²) in [5.41, 5.74) is -0.448. The number of nitro benzene ring substituents is 2. The molecule has 0 aliphatic carbocycles. The number of nitro groups is 2. The van der Waals surface area contributed by atoms with Crippen LogP contribution in [0.2, 0.25) is 0 Å². The van der Waals surface area contributed by atoms with Crippen molar-refractivity contribution in [2.45, 2.75) is 26.2 Å². The summed E-state index contributed by atoms with van der Waals surface area (Å²) in [6.07, 6.45) is 1.46. The Labute approximate surface area is 143 Å². The van der Waals surface area contributed by atoms with Gasteiger partial charge in [-0.15, -0.1) is 0 Å². The zero-order valence-electron chi connectivity index (χ0n) is 13.5. The molecule has 130 valence electrons. The van der Waals surface area contributed by atoms with Crippen LogP contribution < -0.4 is 4.74 Å². The highest BCUT2D eigenvalue weighted by molar-refractivity contribution is 5.83. The lowest BCUT2D eigenvalue weighted by Gasteiger charge is -2.11. The predicted molar refractivity (Wildman–Crippen MR) is 90.3 cm³/mol. The first-order valence-corrected chi connectivity index (χ1v) is 7.67. The molecule has 8 nitrogen and oxygen atoms in total. The first-order chi connectivity index (χ1) is 11.9. The molecule has 2 aromatic rings. The van der Waals surface area contributed by atoms with Gasteiger partial charge in [-0.1, -0.05) is 43.7 Å². The molecular weight excluding hydrogens is 328 g/mol. The maximum atomic E-state index is 12.0. The van der Waals surface area contributed by atoms with E-state index in [-0.39, 0.29) is 17.7 Å². The van der Waals surface area contributed by atoms with E-state index < -0.39 is 27.2 Å². The number of carbonyl (C=O) groups excluding carboxylic acids is 1. The molecule has 0 saturated carbocycles. The van der Waals surface area contributed by atoms with E-state index in [0.717, 1.165) is 12.5 Å². The van der Waals surface area contributed by atoms with Crippen molar-refractivity contribution in [3.63, 3.8) is 0 Å². The summed E-state index contributed by atoms with van der Waals surface area (Å²) in [5.74, 6) is -0.890. The van der Waals surface area contributed by atoms with Gasteiger partial charge in [0.15, 0.2) is 0 Å². The van der Waals surface area contributed by atoms with Crippen LogP contribution in [0.1, 0.15) is 26.2 Å². The van der Waals surface area contributed by atoms with Gasteiger partial charge in [0.1, 0.15) is 0 Å². The monoisotopic (exact) mass is 344 g/mol. The second-order valence-corrected chi connectivity index (χ2v) is 5.30. The minimum absolute atomic E-state index is 0.110. The van der Waals surface area contributed by atoms with Crippen LogP contribution in [-0.2, 0) is 4.79 Å². The van der Waals surface area contributed by atoms with Gasteiger partial charge in [-0.3, -0.25) is 25.0 Å². The number of ether oxygens (including phenoxy) is 1. The summed E-state index contributed by atoms with van der Waals surface area (Å²) < 4.78 is 5.23. The molecule has 0 heterocycles. The van der Waals surface area contributed by atoms with E-state index in [1.165, 1.54) is 6.07 Å². The van der Waals surface area contributed by atoms with Gasteiger partial charge in [0, 0.05) is 18.1 Å². The lowest BCUT2D eigenvalue weighted by molar-refractivity contribution is -0.394. The molecule has 0 aliphatic heterocycles. The quantitative estimate of drug-likeness (QED) is 0.321. The number of hydrogen-bond donors (Lipinski definition) is 0. The van der Waals surface area contributed by atoms with Crippen molar-refractivity contribution in [3.05, 3.63) is 62.7 Å².